The van der Waals surface area contributed by atoms with Crippen LogP contribution in [0.25, 0.3) is 0 Å². The Morgan fingerprint density at radius 3 is 2.41 bits per heavy atom. The molecule has 8 heteroatoms. The van der Waals surface area contributed by atoms with Gasteiger partial charge in [0.25, 0.3) is 5.91 Å². The van der Waals surface area contributed by atoms with Gasteiger partial charge in [-0.25, -0.2) is 4.79 Å². The molecule has 0 aromatic heterocycles. The van der Waals surface area contributed by atoms with Crippen molar-refractivity contribution in [2.75, 3.05) is 13.6 Å². The van der Waals surface area contributed by atoms with E-state index in [0.717, 1.165) is 18.5 Å². The van der Waals surface area contributed by atoms with E-state index in [4.69, 9.17) is 16.9 Å². The van der Waals surface area contributed by atoms with Crippen LogP contribution in [0, 0.1) is 11.3 Å². The largest absolute Gasteiger partial charge is 0.479 e. The van der Waals surface area contributed by atoms with E-state index in [1.807, 2.05) is 7.05 Å². The molecule has 1 amide bonds. The highest BCUT2D eigenvalue weighted by molar-refractivity contribution is 6.01. The summed E-state index contributed by atoms with van der Waals surface area (Å²) in [7, 11) is 2.05. The van der Waals surface area contributed by atoms with Gasteiger partial charge < -0.3 is 27.2 Å². The van der Waals surface area contributed by atoms with Gasteiger partial charge in [-0.3, -0.25) is 10.2 Å². The molecule has 2 unspecified atom stereocenters. The van der Waals surface area contributed by atoms with Crippen LogP contribution >= 0.6 is 0 Å². The summed E-state index contributed by atoms with van der Waals surface area (Å²) >= 11 is 0. The maximum atomic E-state index is 12.2. The Labute approximate surface area is 188 Å². The minimum absolute atomic E-state index is 0.160. The fraction of sp³-hybridized carbons (Fsp3) is 0.375. The third-order valence-corrected chi connectivity index (χ3v) is 5.62. The van der Waals surface area contributed by atoms with Gasteiger partial charge in [0, 0.05) is 17.2 Å². The number of nitrogens with one attached hydrogen (secondary N) is 3. The summed E-state index contributed by atoms with van der Waals surface area (Å²) in [6.07, 6.45) is 5.32. The molecule has 0 heterocycles. The lowest BCUT2D eigenvalue weighted by molar-refractivity contribution is -0.139. The third-order valence-electron chi connectivity index (χ3n) is 5.62. The molecule has 3 atom stereocenters. The monoisotopic (exact) mass is 439 g/mol. The quantitative estimate of drug-likeness (QED) is 0.287. The van der Waals surface area contributed by atoms with Crippen molar-refractivity contribution < 1.29 is 14.7 Å². The van der Waals surface area contributed by atoms with Crippen molar-refractivity contribution in [3.8, 4) is 0 Å². The highest BCUT2D eigenvalue weighted by atomic mass is 16.4. The van der Waals surface area contributed by atoms with Gasteiger partial charge in [-0.15, -0.1) is 0 Å². The SMILES string of the molecule is CNC1CCCC(CN)C1.N=C(N)c1cccc(C(=O)N[C@@H](C(=O)O)c2ccccc2)c1. The van der Waals surface area contributed by atoms with E-state index in [0.29, 0.717) is 11.1 Å². The Hall–Kier alpha value is -3.23. The van der Waals surface area contributed by atoms with E-state index < -0.39 is 17.9 Å². The summed E-state index contributed by atoms with van der Waals surface area (Å²) in [5, 5.41) is 22.4. The molecular formula is C24H33N5O3. The minimum Gasteiger partial charge on any atom is -0.479 e. The number of hydrogen-bond acceptors (Lipinski definition) is 5. The summed E-state index contributed by atoms with van der Waals surface area (Å²) in [5.74, 6) is -1.07. The Bertz CT molecular complexity index is 894. The molecule has 0 radical (unpaired) electrons. The van der Waals surface area contributed by atoms with Gasteiger partial charge in [0.2, 0.25) is 0 Å². The van der Waals surface area contributed by atoms with Crippen molar-refractivity contribution in [1.82, 2.24) is 10.6 Å². The molecule has 8 N–H and O–H groups in total. The Kier molecular flexibility index (Phi) is 9.84. The minimum atomic E-state index is -1.15. The maximum Gasteiger partial charge on any atom is 0.330 e. The lowest BCUT2D eigenvalue weighted by Crippen LogP contribution is -2.33. The first kappa shape index (κ1) is 25.0. The van der Waals surface area contributed by atoms with Gasteiger partial charge in [0.1, 0.15) is 5.84 Å². The second-order valence-corrected chi connectivity index (χ2v) is 7.90. The summed E-state index contributed by atoms with van der Waals surface area (Å²) in [5.41, 5.74) is 12.1. The number of hydrogen-bond donors (Lipinski definition) is 6. The zero-order valence-corrected chi connectivity index (χ0v) is 18.4. The fourth-order valence-electron chi connectivity index (χ4n) is 3.74. The number of amidine groups is 1. The number of nitrogens with two attached hydrogens (primary N) is 2. The molecule has 1 aliphatic carbocycles. The standard InChI is InChI=1S/C16H15N3O3.C8H18N2/c17-14(18)11-7-4-8-12(9-11)15(20)19-13(16(21)22)10-5-2-1-3-6-10;1-10-8-4-2-3-7(5-8)6-9/h1-9,13H,(H3,17,18)(H,19,20)(H,21,22);7-8,10H,2-6,9H2,1H3/t13-;/m1./s1. The average Bonchev–Trinajstić information content (AvgIpc) is 2.83. The molecule has 1 aliphatic rings. The van der Waals surface area contributed by atoms with E-state index in [-0.39, 0.29) is 11.4 Å². The van der Waals surface area contributed by atoms with Crippen LogP contribution in [0.3, 0.4) is 0 Å². The second-order valence-electron chi connectivity index (χ2n) is 7.90. The molecule has 0 bridgehead atoms. The molecule has 1 fully saturated rings. The fourth-order valence-corrected chi connectivity index (χ4v) is 3.74. The molecule has 32 heavy (non-hydrogen) atoms. The van der Waals surface area contributed by atoms with Crippen molar-refractivity contribution >= 4 is 17.7 Å². The molecular weight excluding hydrogens is 406 g/mol. The van der Waals surface area contributed by atoms with Crippen LogP contribution in [-0.4, -0.2) is 42.5 Å². The maximum absolute atomic E-state index is 12.2. The molecule has 172 valence electrons. The molecule has 0 aliphatic heterocycles. The highest BCUT2D eigenvalue weighted by Crippen LogP contribution is 2.22. The van der Waals surface area contributed by atoms with E-state index in [1.54, 1.807) is 42.5 Å². The first-order chi connectivity index (χ1) is 15.3. The summed E-state index contributed by atoms with van der Waals surface area (Å²) in [4.78, 5) is 23.6. The first-order valence-electron chi connectivity index (χ1n) is 10.8. The van der Waals surface area contributed by atoms with Crippen molar-refractivity contribution in [2.45, 2.75) is 37.8 Å². The summed E-state index contributed by atoms with van der Waals surface area (Å²) < 4.78 is 0. The lowest BCUT2D eigenvalue weighted by atomic mass is 9.86. The Morgan fingerprint density at radius 1 is 1.12 bits per heavy atom. The lowest BCUT2D eigenvalue weighted by Gasteiger charge is -2.27. The van der Waals surface area contributed by atoms with Crippen LogP contribution in [0.5, 0.6) is 0 Å². The van der Waals surface area contributed by atoms with Crippen molar-refractivity contribution in [3.63, 3.8) is 0 Å². The van der Waals surface area contributed by atoms with Gasteiger partial charge in [0.05, 0.1) is 0 Å². The van der Waals surface area contributed by atoms with Crippen molar-refractivity contribution in [1.29, 1.82) is 5.41 Å². The predicted octanol–water partition coefficient (Wildman–Crippen LogP) is 2.25. The van der Waals surface area contributed by atoms with Crippen LogP contribution in [0.4, 0.5) is 0 Å². The predicted molar refractivity (Wildman–Crippen MR) is 126 cm³/mol. The average molecular weight is 440 g/mol. The number of benzene rings is 2. The third kappa shape index (κ3) is 7.47. The zero-order chi connectivity index (χ0) is 23.5. The molecule has 2 aromatic carbocycles. The van der Waals surface area contributed by atoms with Crippen LogP contribution in [-0.2, 0) is 4.79 Å². The Balaban J connectivity index is 0.000000303. The highest BCUT2D eigenvalue weighted by Gasteiger charge is 2.22. The van der Waals surface area contributed by atoms with Gasteiger partial charge in [-0.05, 0) is 56.5 Å². The van der Waals surface area contributed by atoms with Crippen LogP contribution in [0.1, 0.15) is 53.2 Å². The topological polar surface area (TPSA) is 154 Å². The number of nitrogen functional groups attached to an aromatic ring is 1. The molecule has 0 saturated heterocycles. The smallest absolute Gasteiger partial charge is 0.330 e. The zero-order valence-electron chi connectivity index (χ0n) is 18.4. The number of carboxylic acid groups (broad SMARTS) is 1. The van der Waals surface area contributed by atoms with Gasteiger partial charge in [0.15, 0.2) is 6.04 Å². The summed E-state index contributed by atoms with van der Waals surface area (Å²) in [6.45, 7) is 0.873. The van der Waals surface area contributed by atoms with Crippen molar-refractivity contribution in [3.05, 3.63) is 71.3 Å². The van der Waals surface area contributed by atoms with E-state index in [9.17, 15) is 14.7 Å². The normalized spacial score (nSPS) is 18.6. The van der Waals surface area contributed by atoms with Gasteiger partial charge in [-0.1, -0.05) is 48.9 Å². The summed E-state index contributed by atoms with van der Waals surface area (Å²) in [6, 6.07) is 14.2. The van der Waals surface area contributed by atoms with Crippen LogP contribution in [0.2, 0.25) is 0 Å². The van der Waals surface area contributed by atoms with Gasteiger partial charge >= 0.3 is 5.97 Å². The molecule has 0 spiro atoms. The second kappa shape index (κ2) is 12.6. The number of aliphatic carboxylic acids is 1. The van der Waals surface area contributed by atoms with E-state index in [1.165, 1.54) is 37.8 Å². The molecule has 8 nitrogen and oxygen atoms in total. The molecule has 2 aromatic rings. The number of rotatable bonds is 7. The first-order valence-corrected chi connectivity index (χ1v) is 10.8. The molecule has 1 saturated carbocycles. The number of carboxylic acids is 1. The Morgan fingerprint density at radius 2 is 1.81 bits per heavy atom. The number of carbonyl (C=O) groups excluding carboxylic acids is 1. The van der Waals surface area contributed by atoms with E-state index in [2.05, 4.69) is 10.6 Å². The van der Waals surface area contributed by atoms with Crippen molar-refractivity contribution in [2.24, 2.45) is 17.4 Å². The van der Waals surface area contributed by atoms with Gasteiger partial charge in [-0.2, -0.15) is 0 Å². The number of amides is 1. The van der Waals surface area contributed by atoms with Crippen LogP contribution < -0.4 is 22.1 Å². The molecule has 3 rings (SSSR count). The number of carbonyl (C=O) groups is 2. The van der Waals surface area contributed by atoms with E-state index >= 15 is 0 Å². The van der Waals surface area contributed by atoms with Crippen LogP contribution in [0.15, 0.2) is 54.6 Å².